The van der Waals surface area contributed by atoms with E-state index < -0.39 is 0 Å². The van der Waals surface area contributed by atoms with Crippen molar-refractivity contribution in [2.45, 2.75) is 13.5 Å². The quantitative estimate of drug-likeness (QED) is 0.803. The summed E-state index contributed by atoms with van der Waals surface area (Å²) in [6, 6.07) is 6.83. The molecule has 0 aliphatic rings. The molecule has 2 aromatic rings. The lowest BCUT2D eigenvalue weighted by Crippen LogP contribution is -2.27. The van der Waals surface area contributed by atoms with E-state index in [1.165, 1.54) is 17.9 Å². The highest BCUT2D eigenvalue weighted by molar-refractivity contribution is 9.10. The number of carbonyl (C=O) groups is 1. The van der Waals surface area contributed by atoms with E-state index in [2.05, 4.69) is 20.9 Å². The molecule has 0 radical (unpaired) electrons. The lowest BCUT2D eigenvalue weighted by Gasteiger charge is -2.09. The molecule has 0 aliphatic heterocycles. The maximum Gasteiger partial charge on any atom is 0.268 e. The zero-order chi connectivity index (χ0) is 14.7. The number of Topliss-reactive ketones (excluding diaryl/α,β-unsaturated/α-hetero) is 1. The van der Waals surface area contributed by atoms with Crippen LogP contribution in [0.3, 0.4) is 0 Å². The van der Waals surface area contributed by atoms with E-state index in [9.17, 15) is 9.59 Å². The van der Waals surface area contributed by atoms with E-state index in [1.54, 1.807) is 31.2 Å². The van der Waals surface area contributed by atoms with Gasteiger partial charge in [-0.1, -0.05) is 12.1 Å². The van der Waals surface area contributed by atoms with Gasteiger partial charge in [-0.05, 0) is 35.0 Å². The largest absolute Gasteiger partial charge is 0.497 e. The number of hydrogen-bond donors (Lipinski definition) is 0. The van der Waals surface area contributed by atoms with Crippen molar-refractivity contribution in [1.29, 1.82) is 0 Å². The normalized spacial score (nSPS) is 10.3. The van der Waals surface area contributed by atoms with Crippen LogP contribution >= 0.6 is 15.9 Å². The molecule has 0 fully saturated rings. The lowest BCUT2D eigenvalue weighted by atomic mass is 10.1. The Morgan fingerprint density at radius 1 is 1.45 bits per heavy atom. The molecular formula is C14H13BrN2O3. The highest BCUT2D eigenvalue weighted by atomic mass is 79.9. The number of nitrogens with zero attached hydrogens (tertiary/aromatic N) is 2. The first-order chi connectivity index (χ1) is 9.52. The third-order valence-electron chi connectivity index (χ3n) is 2.90. The minimum atomic E-state index is -0.270. The molecule has 6 heteroatoms. The summed E-state index contributed by atoms with van der Waals surface area (Å²) in [5.41, 5.74) is 0.226. The van der Waals surface area contributed by atoms with Crippen molar-refractivity contribution in [3.63, 3.8) is 0 Å². The van der Waals surface area contributed by atoms with Gasteiger partial charge in [0, 0.05) is 11.8 Å². The summed E-state index contributed by atoms with van der Waals surface area (Å²) in [6.07, 6.45) is 1.43. The second-order valence-electron chi connectivity index (χ2n) is 4.20. The topological polar surface area (TPSA) is 61.2 Å². The van der Waals surface area contributed by atoms with Crippen molar-refractivity contribution in [2.24, 2.45) is 0 Å². The number of aryl methyl sites for hydroxylation is 1. The molecule has 0 amide bonds. The van der Waals surface area contributed by atoms with Gasteiger partial charge in [0.2, 0.25) is 0 Å². The Morgan fingerprint density at radius 2 is 2.20 bits per heavy atom. The smallest absolute Gasteiger partial charge is 0.268 e. The van der Waals surface area contributed by atoms with Gasteiger partial charge in [0.05, 0.1) is 13.7 Å². The molecule has 1 heterocycles. The van der Waals surface area contributed by atoms with Gasteiger partial charge >= 0.3 is 0 Å². The van der Waals surface area contributed by atoms with Crippen LogP contribution in [0.2, 0.25) is 0 Å². The highest BCUT2D eigenvalue weighted by Gasteiger charge is 2.12. The molecule has 0 atom stereocenters. The Balaban J connectivity index is 2.33. The minimum absolute atomic E-state index is 0.0513. The second-order valence-corrected chi connectivity index (χ2v) is 5.05. The monoisotopic (exact) mass is 336 g/mol. The predicted octanol–water partition coefficient (Wildman–Crippen LogP) is 2.21. The summed E-state index contributed by atoms with van der Waals surface area (Å²) in [5, 5.41) is 0. The molecule has 0 saturated carbocycles. The van der Waals surface area contributed by atoms with Crippen molar-refractivity contribution in [2.75, 3.05) is 7.11 Å². The summed E-state index contributed by atoms with van der Waals surface area (Å²) in [5.74, 6) is 0.927. The summed E-state index contributed by atoms with van der Waals surface area (Å²) in [6.45, 7) is 1.64. The number of ketones is 1. The number of aromatic nitrogens is 2. The zero-order valence-corrected chi connectivity index (χ0v) is 12.7. The van der Waals surface area contributed by atoms with E-state index in [0.717, 1.165) is 0 Å². The molecule has 20 heavy (non-hydrogen) atoms. The van der Waals surface area contributed by atoms with Gasteiger partial charge in [0.25, 0.3) is 5.56 Å². The van der Waals surface area contributed by atoms with Crippen LogP contribution in [-0.4, -0.2) is 22.4 Å². The molecule has 0 spiro atoms. The molecular weight excluding hydrogens is 324 g/mol. The minimum Gasteiger partial charge on any atom is -0.497 e. The van der Waals surface area contributed by atoms with Crippen molar-refractivity contribution in [3.05, 3.63) is 56.7 Å². The predicted molar refractivity (Wildman–Crippen MR) is 78.3 cm³/mol. The van der Waals surface area contributed by atoms with E-state index in [1.807, 2.05) is 0 Å². The molecule has 104 valence electrons. The molecule has 1 aromatic carbocycles. The lowest BCUT2D eigenvalue weighted by molar-refractivity contribution is 0.0969. The Bertz CT molecular complexity index is 710. The van der Waals surface area contributed by atoms with Gasteiger partial charge < -0.3 is 4.74 Å². The highest BCUT2D eigenvalue weighted by Crippen LogP contribution is 2.13. The van der Waals surface area contributed by atoms with Crippen molar-refractivity contribution in [1.82, 2.24) is 9.55 Å². The molecule has 0 aliphatic carbocycles. The number of halogens is 1. The number of rotatable bonds is 4. The van der Waals surface area contributed by atoms with Gasteiger partial charge in [-0.15, -0.1) is 0 Å². The van der Waals surface area contributed by atoms with Crippen LogP contribution in [0, 0.1) is 6.92 Å². The first-order valence-electron chi connectivity index (χ1n) is 5.92. The van der Waals surface area contributed by atoms with Crippen LogP contribution in [0.25, 0.3) is 0 Å². The van der Waals surface area contributed by atoms with Gasteiger partial charge in [-0.3, -0.25) is 14.2 Å². The first-order valence-corrected chi connectivity index (χ1v) is 6.71. The van der Waals surface area contributed by atoms with Gasteiger partial charge in [0.1, 0.15) is 16.0 Å². The summed E-state index contributed by atoms with van der Waals surface area (Å²) in [7, 11) is 1.54. The number of carbonyl (C=O) groups excluding carboxylic acids is 1. The third-order valence-corrected chi connectivity index (χ3v) is 3.44. The van der Waals surface area contributed by atoms with Gasteiger partial charge in [-0.2, -0.15) is 0 Å². The fourth-order valence-corrected chi connectivity index (χ4v) is 2.08. The summed E-state index contributed by atoms with van der Waals surface area (Å²) >= 11 is 3.12. The summed E-state index contributed by atoms with van der Waals surface area (Å²) < 4.78 is 6.76. The average molecular weight is 337 g/mol. The number of methoxy groups -OCH3 is 1. The van der Waals surface area contributed by atoms with Crippen LogP contribution in [0.4, 0.5) is 0 Å². The van der Waals surface area contributed by atoms with Gasteiger partial charge in [-0.25, -0.2) is 4.98 Å². The molecule has 2 rings (SSSR count). The Kier molecular flexibility index (Phi) is 4.34. The number of hydrogen-bond acceptors (Lipinski definition) is 4. The van der Waals surface area contributed by atoms with E-state index in [0.29, 0.717) is 21.6 Å². The maximum atomic E-state index is 12.2. The molecule has 5 nitrogen and oxygen atoms in total. The first kappa shape index (κ1) is 14.5. The fourth-order valence-electron chi connectivity index (χ4n) is 1.77. The van der Waals surface area contributed by atoms with Crippen LogP contribution in [0.1, 0.15) is 16.2 Å². The van der Waals surface area contributed by atoms with Crippen LogP contribution in [0.15, 0.2) is 39.7 Å². The number of benzene rings is 1. The zero-order valence-electron chi connectivity index (χ0n) is 11.1. The molecule has 0 saturated heterocycles. The molecule has 0 bridgehead atoms. The van der Waals surface area contributed by atoms with Crippen LogP contribution in [0.5, 0.6) is 5.75 Å². The van der Waals surface area contributed by atoms with E-state index in [-0.39, 0.29) is 17.9 Å². The second kappa shape index (κ2) is 6.00. The van der Waals surface area contributed by atoms with Gasteiger partial charge in [0.15, 0.2) is 5.78 Å². The van der Waals surface area contributed by atoms with Crippen molar-refractivity contribution in [3.8, 4) is 5.75 Å². The van der Waals surface area contributed by atoms with Crippen LogP contribution in [-0.2, 0) is 6.54 Å². The van der Waals surface area contributed by atoms with E-state index >= 15 is 0 Å². The SMILES string of the molecule is COc1cccc(C(=O)Cn2c(C)ncc(Br)c2=O)c1. The third kappa shape index (κ3) is 2.96. The summed E-state index contributed by atoms with van der Waals surface area (Å²) in [4.78, 5) is 28.3. The molecule has 1 aromatic heterocycles. The maximum absolute atomic E-state index is 12.2. The Morgan fingerprint density at radius 3 is 2.90 bits per heavy atom. The molecule has 0 unspecified atom stereocenters. The molecule has 0 N–H and O–H groups in total. The fraction of sp³-hybridized carbons (Fsp3) is 0.214. The average Bonchev–Trinajstić information content (AvgIpc) is 2.47. The standard InChI is InChI=1S/C14H13BrN2O3/c1-9-16-7-12(15)14(19)17(9)8-13(18)10-4-3-5-11(6-10)20-2/h3-7H,8H2,1-2H3. The van der Waals surface area contributed by atoms with Crippen LogP contribution < -0.4 is 10.3 Å². The van der Waals surface area contributed by atoms with Crippen molar-refractivity contribution >= 4 is 21.7 Å². The van der Waals surface area contributed by atoms with E-state index in [4.69, 9.17) is 4.74 Å². The Labute approximate surface area is 124 Å². The Hall–Kier alpha value is -1.95. The van der Waals surface area contributed by atoms with Crippen molar-refractivity contribution < 1.29 is 9.53 Å². The number of ether oxygens (including phenoxy) is 1.